The van der Waals surface area contributed by atoms with Gasteiger partial charge in [0.05, 0.1) is 0 Å². The second-order valence-electron chi connectivity index (χ2n) is 5.99. The molecule has 7 nitrogen and oxygen atoms in total. The number of rotatable bonds is 7. The Morgan fingerprint density at radius 2 is 1.96 bits per heavy atom. The second-order valence-corrected chi connectivity index (χ2v) is 6.85. The van der Waals surface area contributed by atoms with Crippen LogP contribution in [0.25, 0.3) is 0 Å². The van der Waals surface area contributed by atoms with Gasteiger partial charge in [0, 0.05) is 43.8 Å². The first-order valence-electron chi connectivity index (χ1n) is 8.72. The fourth-order valence-corrected chi connectivity index (χ4v) is 3.44. The van der Waals surface area contributed by atoms with Crippen molar-refractivity contribution in [1.29, 1.82) is 0 Å². The van der Waals surface area contributed by atoms with E-state index in [-0.39, 0.29) is 18.2 Å². The van der Waals surface area contributed by atoms with Crippen LogP contribution in [0.4, 0.5) is 10.8 Å². The first-order valence-corrected chi connectivity index (χ1v) is 9.60. The first-order chi connectivity index (χ1) is 13.2. The van der Waals surface area contributed by atoms with Crippen LogP contribution in [0.2, 0.25) is 0 Å². The molecule has 2 heterocycles. The van der Waals surface area contributed by atoms with Crippen LogP contribution in [0.5, 0.6) is 0 Å². The predicted molar refractivity (Wildman–Crippen MR) is 106 cm³/mol. The van der Waals surface area contributed by atoms with Gasteiger partial charge >= 0.3 is 5.97 Å². The van der Waals surface area contributed by atoms with Gasteiger partial charge in [-0.05, 0) is 12.1 Å². The smallest absolute Gasteiger partial charge is 0.358 e. The molecule has 1 aromatic carbocycles. The van der Waals surface area contributed by atoms with Crippen molar-refractivity contribution < 1.29 is 14.3 Å². The van der Waals surface area contributed by atoms with Crippen LogP contribution in [0.1, 0.15) is 10.5 Å². The number of hydrogen-bond acceptors (Lipinski definition) is 7. The van der Waals surface area contributed by atoms with Gasteiger partial charge in [0.1, 0.15) is 0 Å². The maximum atomic E-state index is 12.3. The number of nitrogens with one attached hydrogen (secondary N) is 1. The molecule has 0 unspecified atom stereocenters. The number of carbonyl (C=O) groups is 2. The highest BCUT2D eigenvalue weighted by Crippen LogP contribution is 2.17. The molecule has 0 atom stereocenters. The molecular formula is C19H22N4O3S. The van der Waals surface area contributed by atoms with Gasteiger partial charge in [0.15, 0.2) is 17.4 Å². The van der Waals surface area contributed by atoms with Crippen molar-refractivity contribution in [3.63, 3.8) is 0 Å². The summed E-state index contributed by atoms with van der Waals surface area (Å²) in [6.45, 7) is 6.64. The summed E-state index contributed by atoms with van der Waals surface area (Å²) < 4.78 is 5.12. The molecule has 0 spiro atoms. The molecule has 1 aliphatic rings. The highest BCUT2D eigenvalue weighted by atomic mass is 32.1. The number of para-hydroxylation sites is 1. The highest BCUT2D eigenvalue weighted by molar-refractivity contribution is 7.13. The zero-order valence-corrected chi connectivity index (χ0v) is 15.8. The van der Waals surface area contributed by atoms with Crippen LogP contribution >= 0.6 is 11.3 Å². The van der Waals surface area contributed by atoms with Crippen LogP contribution in [0.15, 0.2) is 48.4 Å². The molecule has 1 saturated heterocycles. The molecule has 3 rings (SSSR count). The largest absolute Gasteiger partial charge is 0.451 e. The number of benzene rings is 1. The van der Waals surface area contributed by atoms with Gasteiger partial charge in [-0.25, -0.2) is 9.78 Å². The minimum atomic E-state index is -0.589. The topological polar surface area (TPSA) is 74.8 Å². The number of esters is 1. The SMILES string of the molecule is C=CCNc1nc(C(=O)OCC(=O)N2CCN(c3ccccc3)CC2)cs1. The maximum Gasteiger partial charge on any atom is 0.358 e. The van der Waals surface area contributed by atoms with E-state index in [9.17, 15) is 9.59 Å². The quantitative estimate of drug-likeness (QED) is 0.581. The number of aromatic nitrogens is 1. The summed E-state index contributed by atoms with van der Waals surface area (Å²) in [5, 5.41) is 5.23. The van der Waals surface area contributed by atoms with Crippen LogP contribution in [0, 0.1) is 0 Å². The number of piperazine rings is 1. The molecule has 0 radical (unpaired) electrons. The van der Waals surface area contributed by atoms with E-state index < -0.39 is 5.97 Å². The molecule has 1 aliphatic heterocycles. The third-order valence-corrected chi connectivity index (χ3v) is 4.99. The van der Waals surface area contributed by atoms with Crippen molar-refractivity contribution >= 4 is 34.0 Å². The van der Waals surface area contributed by atoms with Crippen molar-refractivity contribution in [3.05, 3.63) is 54.1 Å². The van der Waals surface area contributed by atoms with E-state index in [0.29, 0.717) is 24.8 Å². The Hall–Kier alpha value is -2.87. The first kappa shape index (κ1) is 18.9. The predicted octanol–water partition coefficient (Wildman–Crippen LogP) is 2.25. The Bertz CT molecular complexity index is 785. The molecule has 0 aliphatic carbocycles. The molecule has 8 heteroatoms. The van der Waals surface area contributed by atoms with E-state index >= 15 is 0 Å². The number of hydrogen-bond donors (Lipinski definition) is 1. The van der Waals surface area contributed by atoms with E-state index in [1.807, 2.05) is 18.2 Å². The normalized spacial score (nSPS) is 13.9. The summed E-state index contributed by atoms with van der Waals surface area (Å²) in [5.41, 5.74) is 1.36. The van der Waals surface area contributed by atoms with Gasteiger partial charge in [-0.3, -0.25) is 4.79 Å². The van der Waals surface area contributed by atoms with Crippen LogP contribution in [0.3, 0.4) is 0 Å². The summed E-state index contributed by atoms with van der Waals surface area (Å²) >= 11 is 1.31. The Kier molecular flexibility index (Phi) is 6.43. The average molecular weight is 386 g/mol. The Labute approximate surface area is 162 Å². The van der Waals surface area contributed by atoms with Crippen molar-refractivity contribution in [2.24, 2.45) is 0 Å². The summed E-state index contributed by atoms with van der Waals surface area (Å²) in [4.78, 5) is 32.5. The van der Waals surface area contributed by atoms with E-state index in [2.05, 4.69) is 33.9 Å². The fraction of sp³-hybridized carbons (Fsp3) is 0.316. The molecule has 1 N–H and O–H groups in total. The Morgan fingerprint density at radius 3 is 2.67 bits per heavy atom. The minimum Gasteiger partial charge on any atom is -0.451 e. The number of anilines is 2. The summed E-state index contributed by atoms with van der Waals surface area (Å²) in [5.74, 6) is -0.773. The van der Waals surface area contributed by atoms with Gasteiger partial charge < -0.3 is 19.9 Å². The molecule has 1 amide bonds. The van der Waals surface area contributed by atoms with Crippen LogP contribution < -0.4 is 10.2 Å². The number of amides is 1. The molecular weight excluding hydrogens is 364 g/mol. The molecule has 2 aromatic rings. The minimum absolute atomic E-state index is 0.184. The third-order valence-electron chi connectivity index (χ3n) is 4.19. The molecule has 0 bridgehead atoms. The second kappa shape index (κ2) is 9.18. The zero-order valence-electron chi connectivity index (χ0n) is 15.0. The van der Waals surface area contributed by atoms with Crippen molar-refractivity contribution in [3.8, 4) is 0 Å². The lowest BCUT2D eigenvalue weighted by atomic mass is 10.2. The van der Waals surface area contributed by atoms with Gasteiger partial charge in [0.2, 0.25) is 0 Å². The van der Waals surface area contributed by atoms with Gasteiger partial charge in [-0.2, -0.15) is 0 Å². The van der Waals surface area contributed by atoms with E-state index in [1.54, 1.807) is 16.4 Å². The maximum absolute atomic E-state index is 12.3. The van der Waals surface area contributed by atoms with Crippen molar-refractivity contribution in [2.45, 2.75) is 0 Å². The Balaban J connectivity index is 1.43. The summed E-state index contributed by atoms with van der Waals surface area (Å²) in [6, 6.07) is 10.1. The van der Waals surface area contributed by atoms with E-state index in [4.69, 9.17) is 4.74 Å². The molecule has 0 saturated carbocycles. The monoisotopic (exact) mass is 386 g/mol. The highest BCUT2D eigenvalue weighted by Gasteiger charge is 2.22. The molecule has 27 heavy (non-hydrogen) atoms. The lowest BCUT2D eigenvalue weighted by Gasteiger charge is -2.36. The standard InChI is InChI=1S/C19H22N4O3S/c1-2-8-20-19-21-16(14-27-19)18(25)26-13-17(24)23-11-9-22(10-12-23)15-6-4-3-5-7-15/h2-7,14H,1,8-13H2,(H,20,21). The number of carbonyl (C=O) groups excluding carboxylic acids is 2. The average Bonchev–Trinajstić information content (AvgIpc) is 3.20. The van der Waals surface area contributed by atoms with Gasteiger partial charge in [-0.15, -0.1) is 17.9 Å². The summed E-state index contributed by atoms with van der Waals surface area (Å²) in [7, 11) is 0. The molecule has 142 valence electrons. The number of thiazole rings is 1. The van der Waals surface area contributed by atoms with E-state index in [1.165, 1.54) is 11.3 Å². The lowest BCUT2D eigenvalue weighted by molar-refractivity contribution is -0.134. The van der Waals surface area contributed by atoms with Gasteiger partial charge in [-0.1, -0.05) is 24.3 Å². The van der Waals surface area contributed by atoms with Crippen molar-refractivity contribution in [2.75, 3.05) is 49.5 Å². The van der Waals surface area contributed by atoms with E-state index in [0.717, 1.165) is 18.8 Å². The zero-order chi connectivity index (χ0) is 19.1. The molecule has 1 aromatic heterocycles. The number of nitrogens with zero attached hydrogens (tertiary/aromatic N) is 3. The summed E-state index contributed by atoms with van der Waals surface area (Å²) in [6.07, 6.45) is 1.70. The van der Waals surface area contributed by atoms with Crippen LogP contribution in [-0.4, -0.2) is 61.1 Å². The van der Waals surface area contributed by atoms with Crippen molar-refractivity contribution in [1.82, 2.24) is 9.88 Å². The lowest BCUT2D eigenvalue weighted by Crippen LogP contribution is -2.49. The van der Waals surface area contributed by atoms with Gasteiger partial charge in [0.25, 0.3) is 5.91 Å². The third kappa shape index (κ3) is 5.07. The molecule has 1 fully saturated rings. The Morgan fingerprint density at radius 1 is 1.22 bits per heavy atom. The van der Waals surface area contributed by atoms with Crippen LogP contribution in [-0.2, 0) is 9.53 Å². The number of ether oxygens (including phenoxy) is 1. The fourth-order valence-electron chi connectivity index (χ4n) is 2.75.